The van der Waals surface area contributed by atoms with E-state index in [-0.39, 0.29) is 10.6 Å². The lowest BCUT2D eigenvalue weighted by atomic mass is 10.1. The highest BCUT2D eigenvalue weighted by molar-refractivity contribution is 7.93. The summed E-state index contributed by atoms with van der Waals surface area (Å²) in [6.07, 6.45) is 4.20. The largest absolute Gasteiger partial charge is 0.497 e. The van der Waals surface area contributed by atoms with Gasteiger partial charge in [0, 0.05) is 18.8 Å². The van der Waals surface area contributed by atoms with E-state index in [0.29, 0.717) is 17.1 Å². The normalized spacial score (nSPS) is 15.0. The first-order chi connectivity index (χ1) is 13.7. The van der Waals surface area contributed by atoms with Gasteiger partial charge in [-0.15, -0.1) is 0 Å². The van der Waals surface area contributed by atoms with Crippen molar-refractivity contribution in [1.29, 1.82) is 0 Å². The zero-order valence-electron chi connectivity index (χ0n) is 16.4. The molecule has 0 atom stereocenters. The number of sulfonamides is 2. The molecule has 0 aliphatic carbocycles. The molecule has 158 valence electrons. The number of anilines is 3. The number of benzene rings is 2. The van der Waals surface area contributed by atoms with Gasteiger partial charge in [-0.1, -0.05) is 0 Å². The summed E-state index contributed by atoms with van der Waals surface area (Å²) in [5, 5.41) is 0. The summed E-state index contributed by atoms with van der Waals surface area (Å²) in [7, 11) is -5.95. The number of rotatable bonds is 7. The van der Waals surface area contributed by atoms with Crippen molar-refractivity contribution in [2.45, 2.75) is 24.2 Å². The number of hydrogen-bond acceptors (Lipinski definition) is 6. The van der Waals surface area contributed by atoms with Crippen LogP contribution in [0.25, 0.3) is 0 Å². The lowest BCUT2D eigenvalue weighted by molar-refractivity contribution is 0.415. The lowest BCUT2D eigenvalue weighted by Gasteiger charge is -2.30. The lowest BCUT2D eigenvalue weighted by Crippen LogP contribution is -2.30. The van der Waals surface area contributed by atoms with E-state index in [4.69, 9.17) is 4.74 Å². The van der Waals surface area contributed by atoms with Crippen molar-refractivity contribution >= 4 is 37.1 Å². The number of ether oxygens (including phenoxy) is 1. The molecular formula is C19H25N3O5S2. The van der Waals surface area contributed by atoms with Crippen molar-refractivity contribution in [3.63, 3.8) is 0 Å². The predicted molar refractivity (Wildman–Crippen MR) is 115 cm³/mol. The molecule has 0 bridgehead atoms. The first kappa shape index (κ1) is 21.3. The van der Waals surface area contributed by atoms with Gasteiger partial charge in [-0.2, -0.15) is 0 Å². The van der Waals surface area contributed by atoms with E-state index in [0.717, 1.165) is 38.6 Å². The van der Waals surface area contributed by atoms with Crippen LogP contribution in [0.3, 0.4) is 0 Å². The smallest absolute Gasteiger partial charge is 0.261 e. The molecule has 2 aromatic rings. The van der Waals surface area contributed by atoms with Crippen LogP contribution in [0.1, 0.15) is 19.3 Å². The zero-order chi connectivity index (χ0) is 21.1. The minimum atomic E-state index is -3.90. The van der Waals surface area contributed by atoms with Crippen molar-refractivity contribution < 1.29 is 21.6 Å². The fourth-order valence-corrected chi connectivity index (χ4v) is 4.89. The summed E-state index contributed by atoms with van der Waals surface area (Å²) in [5.41, 5.74) is 1.31. The molecule has 1 saturated heterocycles. The van der Waals surface area contributed by atoms with Gasteiger partial charge in [0.25, 0.3) is 10.0 Å². The standard InChI is InChI=1S/C19H25N3O5S2/c1-27-16-8-6-15(7-9-16)20-29(25,26)17-10-11-19(22-12-4-3-5-13-22)18(14-17)21-28(2,23)24/h6-11,14,20-21H,3-5,12-13H2,1-2H3. The Morgan fingerprint density at radius 2 is 1.55 bits per heavy atom. The van der Waals surface area contributed by atoms with Gasteiger partial charge in [0.15, 0.2) is 0 Å². The van der Waals surface area contributed by atoms with Gasteiger partial charge >= 0.3 is 0 Å². The van der Waals surface area contributed by atoms with E-state index in [1.54, 1.807) is 30.3 Å². The molecule has 0 amide bonds. The SMILES string of the molecule is COc1ccc(NS(=O)(=O)c2ccc(N3CCCCC3)c(NS(C)(=O)=O)c2)cc1. The second-order valence-corrected chi connectivity index (χ2v) is 10.4. The van der Waals surface area contributed by atoms with Gasteiger partial charge in [0.2, 0.25) is 10.0 Å². The van der Waals surface area contributed by atoms with Crippen LogP contribution in [0.15, 0.2) is 47.4 Å². The van der Waals surface area contributed by atoms with Crippen LogP contribution in [-0.2, 0) is 20.0 Å². The minimum Gasteiger partial charge on any atom is -0.497 e. The molecule has 2 aromatic carbocycles. The highest BCUT2D eigenvalue weighted by Crippen LogP contribution is 2.32. The second-order valence-electron chi connectivity index (χ2n) is 6.93. The molecule has 1 heterocycles. The van der Waals surface area contributed by atoms with E-state index < -0.39 is 20.0 Å². The van der Waals surface area contributed by atoms with Crippen LogP contribution in [0.2, 0.25) is 0 Å². The summed E-state index contributed by atoms with van der Waals surface area (Å²) in [5.74, 6) is 0.610. The molecule has 8 nitrogen and oxygen atoms in total. The maximum atomic E-state index is 12.8. The summed E-state index contributed by atoms with van der Waals surface area (Å²) >= 11 is 0. The molecule has 0 saturated carbocycles. The Balaban J connectivity index is 1.94. The van der Waals surface area contributed by atoms with Crippen LogP contribution < -0.4 is 19.1 Å². The van der Waals surface area contributed by atoms with Crippen molar-refractivity contribution in [3.05, 3.63) is 42.5 Å². The molecule has 3 rings (SSSR count). The van der Waals surface area contributed by atoms with E-state index in [1.165, 1.54) is 19.2 Å². The van der Waals surface area contributed by atoms with E-state index in [1.807, 2.05) is 0 Å². The fraction of sp³-hybridized carbons (Fsp3) is 0.368. The van der Waals surface area contributed by atoms with Gasteiger partial charge in [-0.3, -0.25) is 9.44 Å². The molecule has 1 fully saturated rings. The maximum absolute atomic E-state index is 12.8. The summed E-state index contributed by atoms with van der Waals surface area (Å²) < 4.78 is 59.4. The molecule has 1 aliphatic heterocycles. The third-order valence-corrected chi connectivity index (χ3v) is 6.58. The maximum Gasteiger partial charge on any atom is 0.261 e. The quantitative estimate of drug-likeness (QED) is 0.687. The van der Waals surface area contributed by atoms with Crippen LogP contribution in [0.4, 0.5) is 17.1 Å². The zero-order valence-corrected chi connectivity index (χ0v) is 18.0. The van der Waals surface area contributed by atoms with E-state index >= 15 is 0 Å². The van der Waals surface area contributed by atoms with Gasteiger partial charge in [-0.05, 0) is 61.7 Å². The molecule has 0 spiro atoms. The van der Waals surface area contributed by atoms with E-state index in [9.17, 15) is 16.8 Å². The predicted octanol–water partition coefficient (Wildman–Crippen LogP) is 2.86. The third-order valence-electron chi connectivity index (χ3n) is 4.61. The van der Waals surface area contributed by atoms with Gasteiger partial charge in [0.1, 0.15) is 5.75 Å². The number of hydrogen-bond donors (Lipinski definition) is 2. The number of nitrogens with one attached hydrogen (secondary N) is 2. The molecule has 0 aromatic heterocycles. The van der Waals surface area contributed by atoms with Crippen molar-refractivity contribution in [2.75, 3.05) is 40.8 Å². The van der Waals surface area contributed by atoms with Gasteiger partial charge < -0.3 is 9.64 Å². The molecule has 10 heteroatoms. The van der Waals surface area contributed by atoms with Crippen LogP contribution in [-0.4, -0.2) is 43.3 Å². The number of nitrogens with zero attached hydrogens (tertiary/aromatic N) is 1. The van der Waals surface area contributed by atoms with Crippen LogP contribution >= 0.6 is 0 Å². The average Bonchev–Trinajstić information content (AvgIpc) is 2.68. The Kier molecular flexibility index (Phi) is 6.23. The Labute approximate surface area is 172 Å². The third kappa shape index (κ3) is 5.54. The topological polar surface area (TPSA) is 105 Å². The average molecular weight is 440 g/mol. The molecular weight excluding hydrogens is 414 g/mol. The Hall–Kier alpha value is -2.46. The highest BCUT2D eigenvalue weighted by atomic mass is 32.2. The molecule has 0 radical (unpaired) electrons. The summed E-state index contributed by atoms with van der Waals surface area (Å²) in [4.78, 5) is 2.05. The van der Waals surface area contributed by atoms with Crippen LogP contribution in [0.5, 0.6) is 5.75 Å². The molecule has 29 heavy (non-hydrogen) atoms. The summed E-state index contributed by atoms with van der Waals surface area (Å²) in [6, 6.07) is 11.0. The van der Waals surface area contributed by atoms with Crippen molar-refractivity contribution in [2.24, 2.45) is 0 Å². The molecule has 2 N–H and O–H groups in total. The minimum absolute atomic E-state index is 0.0276. The second kappa shape index (κ2) is 8.50. The Morgan fingerprint density at radius 1 is 0.897 bits per heavy atom. The monoisotopic (exact) mass is 439 g/mol. The molecule has 0 unspecified atom stereocenters. The van der Waals surface area contributed by atoms with Crippen molar-refractivity contribution in [1.82, 2.24) is 0 Å². The van der Waals surface area contributed by atoms with Gasteiger partial charge in [-0.25, -0.2) is 16.8 Å². The van der Waals surface area contributed by atoms with E-state index in [2.05, 4.69) is 14.3 Å². The van der Waals surface area contributed by atoms with Crippen molar-refractivity contribution in [3.8, 4) is 5.75 Å². The number of methoxy groups -OCH3 is 1. The van der Waals surface area contributed by atoms with Crippen LogP contribution in [0, 0.1) is 0 Å². The Morgan fingerprint density at radius 3 is 2.14 bits per heavy atom. The first-order valence-electron chi connectivity index (χ1n) is 9.22. The summed E-state index contributed by atoms with van der Waals surface area (Å²) in [6.45, 7) is 1.60. The fourth-order valence-electron chi connectivity index (χ4n) is 3.25. The Bertz CT molecular complexity index is 1060. The molecule has 1 aliphatic rings. The first-order valence-corrected chi connectivity index (χ1v) is 12.6. The highest BCUT2D eigenvalue weighted by Gasteiger charge is 2.21. The number of piperidine rings is 1. The van der Waals surface area contributed by atoms with Gasteiger partial charge in [0.05, 0.1) is 29.6 Å².